The molecule has 0 saturated heterocycles. The Labute approximate surface area is 142 Å². The second-order valence-electron chi connectivity index (χ2n) is 5.98. The van der Waals surface area contributed by atoms with Gasteiger partial charge in [0.1, 0.15) is 5.82 Å². The van der Waals surface area contributed by atoms with E-state index in [1.165, 1.54) is 11.8 Å². The summed E-state index contributed by atoms with van der Waals surface area (Å²) in [6.45, 7) is 8.02. The van der Waals surface area contributed by atoms with E-state index in [9.17, 15) is 4.79 Å². The largest absolute Gasteiger partial charge is 0.325 e. The van der Waals surface area contributed by atoms with Crippen LogP contribution >= 0.6 is 27.7 Å². The van der Waals surface area contributed by atoms with Crippen molar-refractivity contribution in [3.05, 3.63) is 34.6 Å². The second-order valence-corrected chi connectivity index (χ2v) is 8.20. The first-order valence-corrected chi connectivity index (χ1v) is 8.59. The van der Waals surface area contributed by atoms with Crippen molar-refractivity contribution in [1.82, 2.24) is 15.2 Å². The topological polar surface area (TPSA) is 70.7 Å². The summed E-state index contributed by atoms with van der Waals surface area (Å²) in [4.78, 5) is 16.7. The van der Waals surface area contributed by atoms with Gasteiger partial charge in [0.25, 0.3) is 0 Å². The highest BCUT2D eigenvalue weighted by Gasteiger charge is 2.21. The molecule has 0 aliphatic rings. The van der Waals surface area contributed by atoms with Gasteiger partial charge in [0.05, 0.1) is 5.25 Å². The monoisotopic (exact) mass is 382 g/mol. The van der Waals surface area contributed by atoms with Crippen molar-refractivity contribution >= 4 is 39.3 Å². The van der Waals surface area contributed by atoms with Gasteiger partial charge in [0.15, 0.2) is 0 Å². The summed E-state index contributed by atoms with van der Waals surface area (Å²) in [5.41, 5.74) is 0.672. The molecule has 1 heterocycles. The van der Waals surface area contributed by atoms with Gasteiger partial charge in [-0.25, -0.2) is 4.98 Å². The lowest BCUT2D eigenvalue weighted by molar-refractivity contribution is -0.115. The first-order valence-electron chi connectivity index (χ1n) is 6.91. The smallest absolute Gasteiger partial charge is 0.237 e. The summed E-state index contributed by atoms with van der Waals surface area (Å²) in [5.74, 6) is 0.736. The maximum atomic E-state index is 12.2. The number of rotatable bonds is 4. The van der Waals surface area contributed by atoms with Crippen LogP contribution in [-0.2, 0) is 10.2 Å². The Balaban J connectivity index is 1.98. The number of amides is 1. The van der Waals surface area contributed by atoms with E-state index in [-0.39, 0.29) is 16.6 Å². The van der Waals surface area contributed by atoms with E-state index >= 15 is 0 Å². The highest BCUT2D eigenvalue weighted by Crippen LogP contribution is 2.24. The van der Waals surface area contributed by atoms with Crippen LogP contribution in [0.25, 0.3) is 0 Å². The number of halogens is 1. The van der Waals surface area contributed by atoms with E-state index in [2.05, 4.69) is 57.2 Å². The molecule has 1 atom stereocenters. The van der Waals surface area contributed by atoms with Crippen molar-refractivity contribution < 1.29 is 4.79 Å². The number of hydrogen-bond acceptors (Lipinski definition) is 4. The van der Waals surface area contributed by atoms with Crippen molar-refractivity contribution in [2.45, 2.75) is 43.5 Å². The highest BCUT2D eigenvalue weighted by atomic mass is 79.9. The molecule has 0 aliphatic heterocycles. The number of anilines is 1. The van der Waals surface area contributed by atoms with Crippen LogP contribution < -0.4 is 5.32 Å². The normalized spacial score (nSPS) is 13.0. The fourth-order valence-corrected chi connectivity index (χ4v) is 2.78. The number of nitrogens with zero attached hydrogens (tertiary/aromatic N) is 2. The molecule has 1 unspecified atom stereocenters. The number of carbonyl (C=O) groups is 1. The fraction of sp³-hybridized carbons (Fsp3) is 0.400. The zero-order valence-electron chi connectivity index (χ0n) is 13.0. The van der Waals surface area contributed by atoms with Crippen LogP contribution in [0.1, 0.15) is 33.5 Å². The number of aromatic amines is 1. The van der Waals surface area contributed by atoms with Crippen molar-refractivity contribution in [2.24, 2.45) is 0 Å². The molecule has 0 bridgehead atoms. The molecule has 118 valence electrons. The molecule has 0 fully saturated rings. The molecule has 5 nitrogen and oxygen atoms in total. The molecule has 0 saturated carbocycles. The number of carbonyl (C=O) groups excluding carboxylic acids is 1. The van der Waals surface area contributed by atoms with Crippen molar-refractivity contribution in [3.8, 4) is 0 Å². The number of H-pyrrole nitrogens is 1. The number of nitrogens with one attached hydrogen (secondary N) is 2. The van der Waals surface area contributed by atoms with Crippen LogP contribution in [0.5, 0.6) is 0 Å². The molecule has 0 radical (unpaired) electrons. The Hall–Kier alpha value is -1.34. The Kier molecular flexibility index (Phi) is 5.28. The quantitative estimate of drug-likeness (QED) is 0.784. The molecule has 1 aromatic heterocycles. The predicted molar refractivity (Wildman–Crippen MR) is 93.2 cm³/mol. The number of hydrogen-bond donors (Lipinski definition) is 2. The summed E-state index contributed by atoms with van der Waals surface area (Å²) in [5, 5.41) is 10.3. The van der Waals surface area contributed by atoms with E-state index in [0.29, 0.717) is 5.16 Å². The van der Waals surface area contributed by atoms with Crippen LogP contribution in [0.2, 0.25) is 0 Å². The minimum atomic E-state index is -0.289. The first kappa shape index (κ1) is 17.0. The molecule has 2 N–H and O–H groups in total. The molecule has 2 rings (SSSR count). The maximum Gasteiger partial charge on any atom is 0.237 e. The molecule has 0 spiro atoms. The number of aromatic nitrogens is 3. The predicted octanol–water partition coefficient (Wildman–Crippen LogP) is 3.98. The molecular weight excluding hydrogens is 364 g/mol. The molecule has 0 aliphatic carbocycles. The SMILES string of the molecule is CC(Sc1n[nH]c(C(C)(C)C)n1)C(=O)Nc1cccc(Br)c1. The molecule has 7 heteroatoms. The van der Waals surface area contributed by atoms with Gasteiger partial charge in [0, 0.05) is 15.6 Å². The van der Waals surface area contributed by atoms with Crippen molar-refractivity contribution in [3.63, 3.8) is 0 Å². The Morgan fingerprint density at radius 2 is 2.14 bits per heavy atom. The lowest BCUT2D eigenvalue weighted by atomic mass is 9.96. The average Bonchev–Trinajstić information content (AvgIpc) is 2.87. The zero-order valence-corrected chi connectivity index (χ0v) is 15.4. The summed E-state index contributed by atoms with van der Waals surface area (Å²) in [6.07, 6.45) is 0. The second kappa shape index (κ2) is 6.83. The zero-order chi connectivity index (χ0) is 16.3. The van der Waals surface area contributed by atoms with Gasteiger partial charge in [0.2, 0.25) is 11.1 Å². The van der Waals surface area contributed by atoms with E-state index in [1.807, 2.05) is 31.2 Å². The Morgan fingerprint density at radius 1 is 1.41 bits per heavy atom. The van der Waals surface area contributed by atoms with Gasteiger partial charge >= 0.3 is 0 Å². The molecular formula is C15H19BrN4OS. The van der Waals surface area contributed by atoms with Gasteiger partial charge in [-0.15, -0.1) is 5.10 Å². The van der Waals surface area contributed by atoms with Crippen LogP contribution in [0, 0.1) is 0 Å². The molecule has 1 amide bonds. The van der Waals surface area contributed by atoms with Gasteiger partial charge in [-0.3, -0.25) is 9.89 Å². The standard InChI is InChI=1S/C15H19BrN4OS/c1-9(12(21)17-11-7-5-6-10(16)8-11)22-14-18-13(19-20-14)15(2,3)4/h5-9H,1-4H3,(H,17,21)(H,18,19,20). The van der Waals surface area contributed by atoms with E-state index in [1.54, 1.807) is 0 Å². The Morgan fingerprint density at radius 3 is 2.73 bits per heavy atom. The number of benzene rings is 1. The summed E-state index contributed by atoms with van der Waals surface area (Å²) in [6, 6.07) is 7.50. The molecule has 22 heavy (non-hydrogen) atoms. The van der Waals surface area contributed by atoms with Gasteiger partial charge in [-0.1, -0.05) is 54.5 Å². The van der Waals surface area contributed by atoms with Crippen molar-refractivity contribution in [1.29, 1.82) is 0 Å². The van der Waals surface area contributed by atoms with Crippen LogP contribution in [0.15, 0.2) is 33.9 Å². The van der Waals surface area contributed by atoms with Gasteiger partial charge in [-0.2, -0.15) is 0 Å². The fourth-order valence-electron chi connectivity index (χ4n) is 1.66. The summed E-state index contributed by atoms with van der Waals surface area (Å²) < 4.78 is 0.925. The Bertz CT molecular complexity index is 666. The lowest BCUT2D eigenvalue weighted by Crippen LogP contribution is -2.22. The van der Waals surface area contributed by atoms with Crippen LogP contribution in [0.4, 0.5) is 5.69 Å². The summed E-state index contributed by atoms with van der Waals surface area (Å²) in [7, 11) is 0. The minimum absolute atomic E-state index is 0.0785. The van der Waals surface area contributed by atoms with Crippen molar-refractivity contribution in [2.75, 3.05) is 5.32 Å². The minimum Gasteiger partial charge on any atom is -0.325 e. The lowest BCUT2D eigenvalue weighted by Gasteiger charge is -2.13. The third kappa shape index (κ3) is 4.58. The van der Waals surface area contributed by atoms with E-state index in [4.69, 9.17) is 0 Å². The van der Waals surface area contributed by atoms with Gasteiger partial charge in [-0.05, 0) is 25.1 Å². The average molecular weight is 383 g/mol. The van der Waals surface area contributed by atoms with Gasteiger partial charge < -0.3 is 5.32 Å². The van der Waals surface area contributed by atoms with Crippen LogP contribution in [-0.4, -0.2) is 26.3 Å². The van der Waals surface area contributed by atoms with E-state index < -0.39 is 0 Å². The third-order valence-electron chi connectivity index (χ3n) is 2.92. The summed E-state index contributed by atoms with van der Waals surface area (Å²) >= 11 is 4.72. The maximum absolute atomic E-state index is 12.2. The molecule has 2 aromatic rings. The number of thioether (sulfide) groups is 1. The van der Waals surface area contributed by atoms with Crippen LogP contribution in [0.3, 0.4) is 0 Å². The highest BCUT2D eigenvalue weighted by molar-refractivity contribution is 9.10. The van der Waals surface area contributed by atoms with E-state index in [0.717, 1.165) is 16.0 Å². The molecule has 1 aromatic carbocycles. The first-order chi connectivity index (χ1) is 10.3. The third-order valence-corrected chi connectivity index (χ3v) is 4.37.